The summed E-state index contributed by atoms with van der Waals surface area (Å²) in [4.78, 5) is 4.01. The van der Waals surface area contributed by atoms with Gasteiger partial charge >= 0.3 is 0 Å². The predicted octanol–water partition coefficient (Wildman–Crippen LogP) is 2.27. The normalized spacial score (nSPS) is 19.5. The molecule has 1 N–H and O–H groups in total. The molecule has 0 spiro atoms. The Kier molecular flexibility index (Phi) is 1.12. The second kappa shape index (κ2) is 3.84. The van der Waals surface area contributed by atoms with Crippen molar-refractivity contribution >= 4 is 10.9 Å². The molecule has 14 heavy (non-hydrogen) atoms. The van der Waals surface area contributed by atoms with Gasteiger partial charge in [0.25, 0.3) is 0 Å². The highest BCUT2D eigenvalue weighted by Gasteiger charge is 2.02. The first-order chi connectivity index (χ1) is 9.58. The van der Waals surface area contributed by atoms with E-state index in [9.17, 15) is 0 Å². The number of aromatic nitrogens is 1. The van der Waals surface area contributed by atoms with E-state index in [0.29, 0.717) is 0 Å². The molecule has 0 atom stereocenters. The van der Waals surface area contributed by atoms with Crippen LogP contribution in [0.15, 0.2) is 30.3 Å². The molecular formula is C12H16N2. The van der Waals surface area contributed by atoms with Gasteiger partial charge in [0.15, 0.2) is 0 Å². The maximum Gasteiger partial charge on any atom is 0.0819 e. The van der Waals surface area contributed by atoms with Crippen molar-refractivity contribution in [2.75, 3.05) is 20.6 Å². The standard InChI is InChI=1S/C12H16N2/c1-14(2)8-7-10-9-13-12-6-4-3-5-11(10)12/h3-6,9,13H,7-8H2,1-2H3/i3D,4D,5D,6D,8D2,9D. The summed E-state index contributed by atoms with van der Waals surface area (Å²) in [6.07, 6.45) is -0.219. The topological polar surface area (TPSA) is 19.0 Å². The highest BCUT2D eigenvalue weighted by Crippen LogP contribution is 2.17. The van der Waals surface area contributed by atoms with E-state index in [0.717, 1.165) is 0 Å². The van der Waals surface area contributed by atoms with Crippen LogP contribution in [0.4, 0.5) is 0 Å². The third-order valence-electron chi connectivity index (χ3n) is 1.90. The fourth-order valence-electron chi connectivity index (χ4n) is 1.20. The van der Waals surface area contributed by atoms with Crippen LogP contribution in [0.3, 0.4) is 0 Å². The molecule has 1 aromatic carbocycles. The van der Waals surface area contributed by atoms with Gasteiger partial charge in [-0.2, -0.15) is 0 Å². The third-order valence-corrected chi connectivity index (χ3v) is 1.90. The number of para-hydroxylation sites is 1. The number of hydrogen-bond donors (Lipinski definition) is 1. The van der Waals surface area contributed by atoms with Crippen molar-refractivity contribution in [1.29, 1.82) is 0 Å². The van der Waals surface area contributed by atoms with Crippen molar-refractivity contribution in [2.45, 2.75) is 6.42 Å². The Morgan fingerprint density at radius 3 is 3.00 bits per heavy atom. The van der Waals surface area contributed by atoms with Gasteiger partial charge in [-0.15, -0.1) is 0 Å². The van der Waals surface area contributed by atoms with Gasteiger partial charge in [-0.05, 0) is 32.1 Å². The number of nitrogens with one attached hydrogen (secondary N) is 1. The monoisotopic (exact) mass is 195 g/mol. The number of fused-ring (bicyclic) bond motifs is 1. The van der Waals surface area contributed by atoms with E-state index in [1.165, 1.54) is 4.90 Å². The molecule has 2 heteroatoms. The fourth-order valence-corrected chi connectivity index (χ4v) is 1.20. The molecule has 1 heterocycles. The lowest BCUT2D eigenvalue weighted by atomic mass is 10.1. The number of rotatable bonds is 3. The van der Waals surface area contributed by atoms with Crippen molar-refractivity contribution in [3.63, 3.8) is 0 Å². The summed E-state index contributed by atoms with van der Waals surface area (Å²) in [6.45, 7) is -1.72. The van der Waals surface area contributed by atoms with E-state index in [1.807, 2.05) is 0 Å². The minimum Gasteiger partial charge on any atom is -0.361 e. The van der Waals surface area contributed by atoms with Crippen molar-refractivity contribution in [1.82, 2.24) is 9.88 Å². The number of likely N-dealkylation sites (N-methyl/N-ethyl adjacent to an activating group) is 1. The van der Waals surface area contributed by atoms with Crippen LogP contribution in [0.2, 0.25) is 0 Å². The minimum absolute atomic E-state index is 0.0808. The van der Waals surface area contributed by atoms with Crippen LogP contribution in [0, 0.1) is 0 Å². The summed E-state index contributed by atoms with van der Waals surface area (Å²) < 4.78 is 55.0. The molecule has 1 aromatic heterocycles. The third kappa shape index (κ3) is 1.80. The van der Waals surface area contributed by atoms with E-state index >= 15 is 0 Å². The summed E-state index contributed by atoms with van der Waals surface area (Å²) in [7, 11) is 3.15. The number of aryl methyl sites for hydroxylation is 1. The summed E-state index contributed by atoms with van der Waals surface area (Å²) in [5, 5.41) is 0.191. The molecule has 0 aliphatic carbocycles. The molecule has 0 amide bonds. The molecule has 74 valence electrons. The average Bonchev–Trinajstić information content (AvgIpc) is 2.71. The second-order valence-corrected chi connectivity index (χ2v) is 3.21. The molecule has 0 bridgehead atoms. The predicted molar refractivity (Wildman–Crippen MR) is 60.6 cm³/mol. The smallest absolute Gasteiger partial charge is 0.0819 e. The fraction of sp³-hybridized carbons (Fsp3) is 0.333. The van der Waals surface area contributed by atoms with Crippen LogP contribution in [0.1, 0.15) is 15.2 Å². The summed E-state index contributed by atoms with van der Waals surface area (Å²) >= 11 is 0. The van der Waals surface area contributed by atoms with Gasteiger partial charge in [-0.25, -0.2) is 0 Å². The quantitative estimate of drug-likeness (QED) is 0.796. The van der Waals surface area contributed by atoms with E-state index < -0.39 is 6.50 Å². The molecule has 2 nitrogen and oxygen atoms in total. The molecular weight excluding hydrogens is 172 g/mol. The first-order valence-electron chi connectivity index (χ1n) is 7.83. The lowest BCUT2D eigenvalue weighted by molar-refractivity contribution is 0.414. The maximum absolute atomic E-state index is 7.96. The molecule has 2 aromatic rings. The Morgan fingerprint density at radius 1 is 1.43 bits per heavy atom. The lowest BCUT2D eigenvalue weighted by Gasteiger charge is -2.07. The van der Waals surface area contributed by atoms with Crippen LogP contribution < -0.4 is 0 Å². The number of nitrogens with zero attached hydrogens (tertiary/aromatic N) is 1. The largest absolute Gasteiger partial charge is 0.361 e. The summed E-state index contributed by atoms with van der Waals surface area (Å²) in [6, 6.07) is -1.23. The Hall–Kier alpha value is -1.28. The Morgan fingerprint density at radius 2 is 2.21 bits per heavy atom. The Bertz CT molecular complexity index is 706. The second-order valence-electron chi connectivity index (χ2n) is 3.21. The molecule has 0 fully saturated rings. The van der Waals surface area contributed by atoms with E-state index in [-0.39, 0.29) is 53.2 Å². The molecule has 0 unspecified atom stereocenters. The zero-order chi connectivity index (χ0) is 16.1. The number of hydrogen-bond acceptors (Lipinski definition) is 1. The molecule has 0 saturated carbocycles. The highest BCUT2D eigenvalue weighted by atomic mass is 15.0. The van der Waals surface area contributed by atoms with Gasteiger partial charge in [-0.3, -0.25) is 0 Å². The van der Waals surface area contributed by atoms with Crippen molar-refractivity contribution in [3.8, 4) is 0 Å². The van der Waals surface area contributed by atoms with E-state index in [1.54, 1.807) is 14.1 Å². The maximum atomic E-state index is 7.96. The molecule has 0 radical (unpaired) electrons. The van der Waals surface area contributed by atoms with E-state index in [4.69, 9.17) is 9.60 Å². The Labute approximate surface area is 94.4 Å². The SMILES string of the molecule is [2H]c1[nH]c2c([2H])c([2H])c([2H])c([2H])c2c1CC([2H])([2H])N(C)C. The van der Waals surface area contributed by atoms with Gasteiger partial charge < -0.3 is 9.88 Å². The zero-order valence-electron chi connectivity index (χ0n) is 15.2. The first-order valence-corrected chi connectivity index (χ1v) is 4.33. The first kappa shape index (κ1) is 4.07. The van der Waals surface area contributed by atoms with Gasteiger partial charge in [0.1, 0.15) is 0 Å². The van der Waals surface area contributed by atoms with Crippen molar-refractivity contribution in [3.05, 3.63) is 35.9 Å². The number of benzene rings is 1. The number of H-pyrrole nitrogens is 1. The van der Waals surface area contributed by atoms with Crippen LogP contribution in [-0.2, 0) is 6.42 Å². The van der Waals surface area contributed by atoms with E-state index in [2.05, 4.69) is 4.98 Å². The molecule has 0 aliphatic heterocycles. The van der Waals surface area contributed by atoms with Crippen molar-refractivity contribution < 1.29 is 9.60 Å². The molecule has 0 saturated heterocycles. The van der Waals surface area contributed by atoms with Crippen LogP contribution in [0.25, 0.3) is 10.9 Å². The van der Waals surface area contributed by atoms with Gasteiger partial charge in [0.2, 0.25) is 0 Å². The highest BCUT2D eigenvalue weighted by molar-refractivity contribution is 5.83. The summed E-state index contributed by atoms with van der Waals surface area (Å²) in [5.74, 6) is 0. The zero-order valence-corrected chi connectivity index (χ0v) is 8.15. The van der Waals surface area contributed by atoms with Crippen LogP contribution in [0.5, 0.6) is 0 Å². The van der Waals surface area contributed by atoms with Crippen molar-refractivity contribution in [2.24, 2.45) is 0 Å². The van der Waals surface area contributed by atoms with Gasteiger partial charge in [0, 0.05) is 26.3 Å². The minimum atomic E-state index is -1.72. The van der Waals surface area contributed by atoms with Gasteiger partial charge in [-0.1, -0.05) is 18.1 Å². The van der Waals surface area contributed by atoms with Crippen LogP contribution in [-0.4, -0.2) is 30.5 Å². The van der Waals surface area contributed by atoms with Gasteiger partial charge in [0.05, 0.1) is 6.85 Å². The molecule has 0 aliphatic rings. The summed E-state index contributed by atoms with van der Waals surface area (Å²) in [5.41, 5.74) is 0.409. The number of aromatic amines is 1. The van der Waals surface area contributed by atoms with Crippen LogP contribution >= 0.6 is 0 Å². The molecule has 2 rings (SSSR count). The average molecular weight is 195 g/mol. The Balaban J connectivity index is 2.74. The lowest BCUT2D eigenvalue weighted by Crippen LogP contribution is -2.14.